The fourth-order valence-corrected chi connectivity index (χ4v) is 4.88. The van der Waals surface area contributed by atoms with Crippen LogP contribution in [-0.4, -0.2) is 51.3 Å². The number of anilines is 1. The molecule has 2 amide bonds. The third-order valence-corrected chi connectivity index (χ3v) is 6.61. The van der Waals surface area contributed by atoms with Crippen LogP contribution < -0.4 is 15.4 Å². The Hall–Kier alpha value is -2.91. The highest BCUT2D eigenvalue weighted by Crippen LogP contribution is 2.24. The van der Waals surface area contributed by atoms with E-state index in [9.17, 15) is 4.79 Å². The van der Waals surface area contributed by atoms with Crippen LogP contribution in [0.15, 0.2) is 42.6 Å². The number of nitrogens with zero attached hydrogens (tertiary/aromatic N) is 4. The maximum absolute atomic E-state index is 12.7. The van der Waals surface area contributed by atoms with E-state index in [0.717, 1.165) is 54.6 Å². The summed E-state index contributed by atoms with van der Waals surface area (Å²) >= 11 is 1.30. The van der Waals surface area contributed by atoms with Gasteiger partial charge in [-0.05, 0) is 67.0 Å². The SMILES string of the molecule is COc1ccc(CC2CN(Cc3ccn(C)n3)CCC2NC(=O)Nc2cc(C)ns2)cc1. The van der Waals surface area contributed by atoms with E-state index in [1.165, 1.54) is 17.1 Å². The topological polar surface area (TPSA) is 84.3 Å². The number of carbonyl (C=O) groups excluding carboxylic acids is 1. The molecule has 0 aliphatic carbocycles. The summed E-state index contributed by atoms with van der Waals surface area (Å²) in [6, 6.07) is 12.1. The fraction of sp³-hybridized carbons (Fsp3) is 0.435. The van der Waals surface area contributed by atoms with Gasteiger partial charge in [-0.25, -0.2) is 4.79 Å². The molecule has 1 saturated heterocycles. The number of aryl methyl sites for hydroxylation is 2. The largest absolute Gasteiger partial charge is 0.497 e. The molecule has 2 N–H and O–H groups in total. The molecular formula is C23H30N6O2S. The van der Waals surface area contributed by atoms with Gasteiger partial charge in [0.1, 0.15) is 10.8 Å². The Kier molecular flexibility index (Phi) is 7.06. The molecule has 2 aromatic heterocycles. The number of hydrogen-bond donors (Lipinski definition) is 2. The molecular weight excluding hydrogens is 424 g/mol. The van der Waals surface area contributed by atoms with Crippen molar-refractivity contribution in [3.63, 3.8) is 0 Å². The zero-order valence-electron chi connectivity index (χ0n) is 18.7. The standard InChI is InChI=1S/C23H30N6O2S/c1-16-12-22(32-27-16)25-23(30)24-21-9-11-29(15-19-8-10-28(2)26-19)14-18(21)13-17-4-6-20(31-3)7-5-17/h4-8,10,12,18,21H,9,11,13-15H2,1-3H3,(H2,24,25,30). The van der Waals surface area contributed by atoms with E-state index in [-0.39, 0.29) is 18.0 Å². The first-order valence-electron chi connectivity index (χ1n) is 10.8. The summed E-state index contributed by atoms with van der Waals surface area (Å²) in [5, 5.41) is 11.4. The van der Waals surface area contributed by atoms with Gasteiger partial charge in [-0.2, -0.15) is 9.47 Å². The van der Waals surface area contributed by atoms with E-state index in [4.69, 9.17) is 4.74 Å². The molecule has 2 unspecified atom stereocenters. The lowest BCUT2D eigenvalue weighted by atomic mass is 9.86. The smallest absolute Gasteiger partial charge is 0.320 e. The van der Waals surface area contributed by atoms with Gasteiger partial charge in [0.15, 0.2) is 0 Å². The predicted octanol–water partition coefficient (Wildman–Crippen LogP) is 3.45. The van der Waals surface area contributed by atoms with Crippen LogP contribution in [0.4, 0.5) is 9.80 Å². The second kappa shape index (κ2) is 10.1. The molecule has 9 heteroatoms. The van der Waals surface area contributed by atoms with Crippen LogP contribution in [0.25, 0.3) is 0 Å². The highest BCUT2D eigenvalue weighted by atomic mass is 32.1. The Bertz CT molecular complexity index is 1030. The van der Waals surface area contributed by atoms with E-state index in [0.29, 0.717) is 0 Å². The number of rotatable bonds is 7. The molecule has 1 aliphatic heterocycles. The first-order chi connectivity index (χ1) is 15.5. The fourth-order valence-electron chi connectivity index (χ4n) is 4.23. The van der Waals surface area contributed by atoms with Crippen LogP contribution in [0.2, 0.25) is 0 Å². The summed E-state index contributed by atoms with van der Waals surface area (Å²) in [6.07, 6.45) is 3.75. The van der Waals surface area contributed by atoms with Crippen molar-refractivity contribution < 1.29 is 9.53 Å². The van der Waals surface area contributed by atoms with Gasteiger partial charge in [0, 0.05) is 38.9 Å². The van der Waals surface area contributed by atoms with Crippen LogP contribution in [-0.2, 0) is 20.0 Å². The third-order valence-electron chi connectivity index (χ3n) is 5.81. The summed E-state index contributed by atoms with van der Waals surface area (Å²) in [6.45, 7) is 4.55. The van der Waals surface area contributed by atoms with Gasteiger partial charge in [0.05, 0.1) is 18.5 Å². The van der Waals surface area contributed by atoms with Crippen molar-refractivity contribution in [2.45, 2.75) is 32.4 Å². The summed E-state index contributed by atoms with van der Waals surface area (Å²) in [5.41, 5.74) is 3.21. The van der Waals surface area contributed by atoms with Gasteiger partial charge in [-0.1, -0.05) is 12.1 Å². The van der Waals surface area contributed by atoms with Crippen LogP contribution in [0.3, 0.4) is 0 Å². The molecule has 3 aromatic rings. The number of nitrogens with one attached hydrogen (secondary N) is 2. The maximum Gasteiger partial charge on any atom is 0.320 e. The van der Waals surface area contributed by atoms with Crippen LogP contribution in [0.5, 0.6) is 5.75 Å². The molecule has 170 valence electrons. The third kappa shape index (κ3) is 5.86. The van der Waals surface area contributed by atoms with Crippen molar-refractivity contribution in [2.75, 3.05) is 25.5 Å². The highest BCUT2D eigenvalue weighted by molar-refractivity contribution is 7.10. The number of carbonyl (C=O) groups is 1. The Morgan fingerprint density at radius 3 is 2.75 bits per heavy atom. The lowest BCUT2D eigenvalue weighted by Gasteiger charge is -2.38. The number of piperidine rings is 1. The van der Waals surface area contributed by atoms with Crippen molar-refractivity contribution in [2.24, 2.45) is 13.0 Å². The number of amides is 2. The van der Waals surface area contributed by atoms with Gasteiger partial charge in [-0.15, -0.1) is 0 Å². The lowest BCUT2D eigenvalue weighted by molar-refractivity contribution is 0.133. The van der Waals surface area contributed by atoms with Crippen LogP contribution in [0, 0.1) is 12.8 Å². The van der Waals surface area contributed by atoms with Gasteiger partial charge < -0.3 is 10.1 Å². The zero-order valence-corrected chi connectivity index (χ0v) is 19.6. The molecule has 8 nitrogen and oxygen atoms in total. The molecule has 0 spiro atoms. The van der Waals surface area contributed by atoms with Gasteiger partial charge >= 0.3 is 6.03 Å². The van der Waals surface area contributed by atoms with Crippen LogP contribution in [0.1, 0.15) is 23.4 Å². The molecule has 0 saturated carbocycles. The summed E-state index contributed by atoms with van der Waals surface area (Å²) in [5.74, 6) is 1.14. The lowest BCUT2D eigenvalue weighted by Crippen LogP contribution is -2.52. The average Bonchev–Trinajstić information content (AvgIpc) is 3.37. The van der Waals surface area contributed by atoms with Gasteiger partial charge in [0.25, 0.3) is 0 Å². The quantitative estimate of drug-likeness (QED) is 0.571. The average molecular weight is 455 g/mol. The van der Waals surface area contributed by atoms with Crippen molar-refractivity contribution >= 4 is 22.6 Å². The molecule has 1 aromatic carbocycles. The molecule has 0 bridgehead atoms. The van der Waals surface area contributed by atoms with Crippen LogP contribution >= 0.6 is 11.5 Å². The Morgan fingerprint density at radius 1 is 1.28 bits per heavy atom. The monoisotopic (exact) mass is 454 g/mol. The molecule has 1 aliphatic rings. The second-order valence-electron chi connectivity index (χ2n) is 8.35. The molecule has 1 fully saturated rings. The van der Waals surface area contributed by atoms with E-state index >= 15 is 0 Å². The zero-order chi connectivity index (χ0) is 22.5. The minimum absolute atomic E-state index is 0.0890. The summed E-state index contributed by atoms with van der Waals surface area (Å²) in [4.78, 5) is 15.1. The molecule has 0 radical (unpaired) electrons. The molecule has 32 heavy (non-hydrogen) atoms. The first kappa shape index (κ1) is 22.3. The van der Waals surface area contributed by atoms with Gasteiger partial charge in [0.2, 0.25) is 0 Å². The maximum atomic E-state index is 12.7. The van der Waals surface area contributed by atoms with E-state index in [1.807, 2.05) is 43.0 Å². The van der Waals surface area contributed by atoms with Crippen molar-refractivity contribution in [3.05, 3.63) is 59.5 Å². The Balaban J connectivity index is 1.43. The second-order valence-corrected chi connectivity index (χ2v) is 9.16. The van der Waals surface area contributed by atoms with Gasteiger partial charge in [-0.3, -0.25) is 14.9 Å². The first-order valence-corrected chi connectivity index (χ1v) is 11.6. The molecule has 2 atom stereocenters. The molecule has 4 rings (SSSR count). The number of likely N-dealkylation sites (tertiary alicyclic amines) is 1. The number of methoxy groups -OCH3 is 1. The normalized spacial score (nSPS) is 19.0. The number of ether oxygens (including phenoxy) is 1. The van der Waals surface area contributed by atoms with E-state index in [2.05, 4.69) is 43.2 Å². The Morgan fingerprint density at radius 2 is 2.09 bits per heavy atom. The summed E-state index contributed by atoms with van der Waals surface area (Å²) < 4.78 is 11.4. The van der Waals surface area contributed by atoms with E-state index < -0.39 is 0 Å². The predicted molar refractivity (Wildman–Crippen MR) is 126 cm³/mol. The number of benzene rings is 1. The Labute approximate surface area is 192 Å². The minimum atomic E-state index is -0.170. The molecule has 3 heterocycles. The number of aromatic nitrogens is 3. The minimum Gasteiger partial charge on any atom is -0.497 e. The van der Waals surface area contributed by atoms with E-state index in [1.54, 1.807) is 7.11 Å². The highest BCUT2D eigenvalue weighted by Gasteiger charge is 2.31. The number of urea groups is 1. The summed E-state index contributed by atoms with van der Waals surface area (Å²) in [7, 11) is 3.62. The van der Waals surface area contributed by atoms with Crippen molar-refractivity contribution in [1.29, 1.82) is 0 Å². The van der Waals surface area contributed by atoms with Crippen molar-refractivity contribution in [3.8, 4) is 5.75 Å². The number of hydrogen-bond acceptors (Lipinski definition) is 6. The van der Waals surface area contributed by atoms with Crippen molar-refractivity contribution in [1.82, 2.24) is 24.4 Å².